The molecule has 0 aromatic rings. The van der Waals surface area contributed by atoms with Crippen LogP contribution >= 0.6 is 0 Å². The van der Waals surface area contributed by atoms with Crippen LogP contribution in [0.5, 0.6) is 0 Å². The van der Waals surface area contributed by atoms with Crippen molar-refractivity contribution in [1.82, 2.24) is 0 Å². The fourth-order valence-electron chi connectivity index (χ4n) is 0.751. The lowest BCUT2D eigenvalue weighted by Crippen LogP contribution is -2.22. The Labute approximate surface area is 60.8 Å². The molecule has 0 N–H and O–H groups in total. The van der Waals surface area contributed by atoms with Crippen molar-refractivity contribution >= 4 is 0 Å². The maximum atomic E-state index is 5.18. The third-order valence-corrected chi connectivity index (χ3v) is 1.20. The summed E-state index contributed by atoms with van der Waals surface area (Å²) in [6.45, 7) is 1.53. The van der Waals surface area contributed by atoms with Crippen molar-refractivity contribution in [2.45, 2.75) is 12.7 Å². The molecule has 1 aliphatic heterocycles. The fourth-order valence-corrected chi connectivity index (χ4v) is 0.751. The molecule has 0 aromatic heterocycles. The van der Waals surface area contributed by atoms with Gasteiger partial charge in [-0.1, -0.05) is 5.92 Å². The van der Waals surface area contributed by atoms with Crippen molar-refractivity contribution in [2.24, 2.45) is 0 Å². The van der Waals surface area contributed by atoms with Crippen molar-refractivity contribution in [1.29, 1.82) is 0 Å². The van der Waals surface area contributed by atoms with Crippen LogP contribution in [-0.2, 0) is 9.47 Å². The predicted octanol–water partition coefficient (Wildman–Crippen LogP) is 0.939. The summed E-state index contributed by atoms with van der Waals surface area (Å²) in [5, 5.41) is 0. The Hall–Kier alpha value is -0.780. The van der Waals surface area contributed by atoms with Gasteiger partial charge >= 0.3 is 0 Å². The second-order valence-electron chi connectivity index (χ2n) is 1.99. The Morgan fingerprint density at radius 1 is 1.40 bits per heavy atom. The molecule has 0 radical (unpaired) electrons. The van der Waals surface area contributed by atoms with E-state index >= 15 is 0 Å². The van der Waals surface area contributed by atoms with Gasteiger partial charge in [0.1, 0.15) is 0 Å². The number of ether oxygens (including phenoxy) is 2. The number of hydrogen-bond donors (Lipinski definition) is 0. The zero-order valence-electron chi connectivity index (χ0n) is 5.75. The molecule has 1 aliphatic rings. The van der Waals surface area contributed by atoms with Crippen LogP contribution in [0.2, 0.25) is 0 Å². The van der Waals surface area contributed by atoms with E-state index in [0.29, 0.717) is 0 Å². The summed E-state index contributed by atoms with van der Waals surface area (Å²) in [5.74, 6) is 2.37. The van der Waals surface area contributed by atoms with E-state index in [0.717, 1.165) is 19.6 Å². The lowest BCUT2D eigenvalue weighted by Gasteiger charge is -2.19. The number of allylic oxidation sites excluding steroid dienone is 1. The zero-order valence-corrected chi connectivity index (χ0v) is 5.75. The van der Waals surface area contributed by atoms with E-state index in [4.69, 9.17) is 15.9 Å². The third-order valence-electron chi connectivity index (χ3n) is 1.20. The molecule has 1 rings (SSSR count). The van der Waals surface area contributed by atoms with Gasteiger partial charge < -0.3 is 9.47 Å². The highest BCUT2D eigenvalue weighted by Gasteiger charge is 2.08. The quantitative estimate of drug-likeness (QED) is 0.502. The monoisotopic (exact) mass is 138 g/mol. The largest absolute Gasteiger partial charge is 0.349 e. The lowest BCUT2D eigenvalue weighted by molar-refractivity contribution is -0.149. The molecule has 0 aliphatic carbocycles. The van der Waals surface area contributed by atoms with Crippen molar-refractivity contribution in [2.75, 3.05) is 13.2 Å². The summed E-state index contributed by atoms with van der Waals surface area (Å²) in [7, 11) is 0. The SMILES string of the molecule is C#C/C=C/C1OCCCO1. The van der Waals surface area contributed by atoms with E-state index in [2.05, 4.69) is 5.92 Å². The Bertz CT molecular complexity index is 149. The molecular weight excluding hydrogens is 128 g/mol. The first-order chi connectivity index (χ1) is 4.93. The van der Waals surface area contributed by atoms with Crippen molar-refractivity contribution < 1.29 is 9.47 Å². The molecule has 0 unspecified atom stereocenters. The van der Waals surface area contributed by atoms with Gasteiger partial charge in [0, 0.05) is 0 Å². The maximum absolute atomic E-state index is 5.18. The lowest BCUT2D eigenvalue weighted by atomic mass is 10.4. The highest BCUT2D eigenvalue weighted by atomic mass is 16.7. The van der Waals surface area contributed by atoms with Gasteiger partial charge in [-0.3, -0.25) is 0 Å². The van der Waals surface area contributed by atoms with E-state index in [9.17, 15) is 0 Å². The first kappa shape index (κ1) is 7.33. The molecule has 2 nitrogen and oxygen atoms in total. The average Bonchev–Trinajstić information content (AvgIpc) is 2.03. The summed E-state index contributed by atoms with van der Waals surface area (Å²) in [6.07, 6.45) is 9.08. The Morgan fingerprint density at radius 2 is 2.10 bits per heavy atom. The van der Waals surface area contributed by atoms with Crippen LogP contribution in [0.25, 0.3) is 0 Å². The second kappa shape index (κ2) is 4.10. The van der Waals surface area contributed by atoms with Crippen LogP contribution in [0, 0.1) is 12.3 Å². The van der Waals surface area contributed by atoms with Gasteiger partial charge in [-0.2, -0.15) is 0 Å². The number of hydrogen-bond acceptors (Lipinski definition) is 2. The van der Waals surface area contributed by atoms with Crippen molar-refractivity contribution in [3.63, 3.8) is 0 Å². The zero-order chi connectivity index (χ0) is 7.23. The highest BCUT2D eigenvalue weighted by Crippen LogP contribution is 2.04. The summed E-state index contributed by atoms with van der Waals surface area (Å²) in [6, 6.07) is 0. The summed E-state index contributed by atoms with van der Waals surface area (Å²) in [4.78, 5) is 0. The minimum Gasteiger partial charge on any atom is -0.349 e. The molecule has 0 atom stereocenters. The van der Waals surface area contributed by atoms with Crippen LogP contribution in [0.4, 0.5) is 0 Å². The summed E-state index contributed by atoms with van der Waals surface area (Å²) < 4.78 is 10.4. The van der Waals surface area contributed by atoms with Gasteiger partial charge in [0.2, 0.25) is 0 Å². The minimum atomic E-state index is -0.218. The molecule has 0 saturated carbocycles. The molecule has 1 fully saturated rings. The van der Waals surface area contributed by atoms with Crippen LogP contribution in [-0.4, -0.2) is 19.5 Å². The van der Waals surface area contributed by atoms with Crippen molar-refractivity contribution in [3.05, 3.63) is 12.2 Å². The third kappa shape index (κ3) is 2.22. The standard InChI is InChI=1S/C8H10O2/c1-2-3-5-8-9-6-4-7-10-8/h1,3,5,8H,4,6-7H2/b5-3+. The smallest absolute Gasteiger partial charge is 0.177 e. The normalized spacial score (nSPS) is 21.1. The van der Waals surface area contributed by atoms with Gasteiger partial charge in [0.05, 0.1) is 13.2 Å². The molecular formula is C8H10O2. The second-order valence-corrected chi connectivity index (χ2v) is 1.99. The van der Waals surface area contributed by atoms with Crippen LogP contribution in [0.3, 0.4) is 0 Å². The molecule has 1 heterocycles. The molecule has 10 heavy (non-hydrogen) atoms. The van der Waals surface area contributed by atoms with E-state index in [-0.39, 0.29) is 6.29 Å². The van der Waals surface area contributed by atoms with Gasteiger partial charge in [-0.25, -0.2) is 0 Å². The van der Waals surface area contributed by atoms with Crippen LogP contribution in [0.15, 0.2) is 12.2 Å². The first-order valence-electron chi connectivity index (χ1n) is 3.29. The van der Waals surface area contributed by atoms with E-state index in [1.807, 2.05) is 0 Å². The number of terminal acetylenes is 1. The van der Waals surface area contributed by atoms with E-state index < -0.39 is 0 Å². The predicted molar refractivity (Wildman–Crippen MR) is 38.3 cm³/mol. The van der Waals surface area contributed by atoms with Gasteiger partial charge in [0.15, 0.2) is 6.29 Å². The highest BCUT2D eigenvalue weighted by molar-refractivity contribution is 5.09. The van der Waals surface area contributed by atoms with Gasteiger partial charge in [0.25, 0.3) is 0 Å². The molecule has 0 amide bonds. The molecule has 54 valence electrons. The molecule has 1 saturated heterocycles. The van der Waals surface area contributed by atoms with Crippen LogP contribution in [0.1, 0.15) is 6.42 Å². The fraction of sp³-hybridized carbons (Fsp3) is 0.500. The Kier molecular flexibility index (Phi) is 3.01. The Balaban J connectivity index is 2.27. The molecule has 0 aromatic carbocycles. The summed E-state index contributed by atoms with van der Waals surface area (Å²) in [5.41, 5.74) is 0. The van der Waals surface area contributed by atoms with Gasteiger partial charge in [-0.05, 0) is 18.6 Å². The van der Waals surface area contributed by atoms with E-state index in [1.54, 1.807) is 12.2 Å². The molecule has 0 spiro atoms. The summed E-state index contributed by atoms with van der Waals surface area (Å²) >= 11 is 0. The average molecular weight is 138 g/mol. The van der Waals surface area contributed by atoms with E-state index in [1.165, 1.54) is 0 Å². The molecule has 0 bridgehead atoms. The Morgan fingerprint density at radius 3 is 2.70 bits per heavy atom. The first-order valence-corrected chi connectivity index (χ1v) is 3.29. The van der Waals surface area contributed by atoms with Crippen LogP contribution < -0.4 is 0 Å². The van der Waals surface area contributed by atoms with Crippen molar-refractivity contribution in [3.8, 4) is 12.3 Å². The van der Waals surface area contributed by atoms with Gasteiger partial charge in [-0.15, -0.1) is 6.42 Å². The molecule has 2 heteroatoms. The minimum absolute atomic E-state index is 0.218. The number of rotatable bonds is 1. The topological polar surface area (TPSA) is 18.5 Å². The maximum Gasteiger partial charge on any atom is 0.177 e.